The molecule has 6 heteroatoms. The van der Waals surface area contributed by atoms with Gasteiger partial charge < -0.3 is 14.8 Å². The van der Waals surface area contributed by atoms with Gasteiger partial charge in [0.05, 0.1) is 20.3 Å². The Morgan fingerprint density at radius 1 is 1.04 bits per heavy atom. The average Bonchev–Trinajstić information content (AvgIpc) is 3.07. The van der Waals surface area contributed by atoms with Gasteiger partial charge in [0.25, 0.3) is 0 Å². The second-order valence-corrected chi connectivity index (χ2v) is 7.27. The van der Waals surface area contributed by atoms with Crippen molar-refractivity contribution in [1.82, 2.24) is 15.9 Å². The average molecular weight is 369 g/mol. The summed E-state index contributed by atoms with van der Waals surface area (Å²) >= 11 is 0. The highest BCUT2D eigenvalue weighted by Crippen LogP contribution is 2.34. The molecule has 144 valence electrons. The zero-order chi connectivity index (χ0) is 18.8. The van der Waals surface area contributed by atoms with Crippen LogP contribution in [0.4, 0.5) is 0 Å². The van der Waals surface area contributed by atoms with Crippen molar-refractivity contribution < 1.29 is 14.7 Å². The largest absolute Gasteiger partial charge is 0.493 e. The monoisotopic (exact) mass is 369 g/mol. The highest BCUT2D eigenvalue weighted by Gasteiger charge is 2.30. The molecule has 0 spiro atoms. The van der Waals surface area contributed by atoms with Crippen LogP contribution >= 0.6 is 0 Å². The van der Waals surface area contributed by atoms with Crippen LogP contribution in [0.5, 0.6) is 11.5 Å². The van der Waals surface area contributed by atoms with Crippen molar-refractivity contribution in [2.75, 3.05) is 27.3 Å². The molecule has 0 bridgehead atoms. The number of rotatable bonds is 5. The molecule has 27 heavy (non-hydrogen) atoms. The minimum atomic E-state index is 0.121. The maximum absolute atomic E-state index is 9.98. The van der Waals surface area contributed by atoms with Crippen molar-refractivity contribution in [3.63, 3.8) is 0 Å². The lowest BCUT2D eigenvalue weighted by molar-refractivity contribution is -0.0839. The number of piperidine rings is 1. The Labute approximate surface area is 159 Å². The number of hydrogen-bond donors (Lipinski definition) is 3. The van der Waals surface area contributed by atoms with Crippen molar-refractivity contribution >= 4 is 10.8 Å². The number of methoxy groups -OCH3 is 2. The molecule has 1 saturated heterocycles. The van der Waals surface area contributed by atoms with Crippen LogP contribution in [0.1, 0.15) is 18.4 Å². The van der Waals surface area contributed by atoms with Gasteiger partial charge in [-0.25, -0.2) is 5.43 Å². The smallest absolute Gasteiger partial charge is 0.161 e. The summed E-state index contributed by atoms with van der Waals surface area (Å²) < 4.78 is 10.8. The molecule has 0 aliphatic carbocycles. The van der Waals surface area contributed by atoms with Crippen molar-refractivity contribution in [3.8, 4) is 11.5 Å². The molecule has 2 aromatic carbocycles. The van der Waals surface area contributed by atoms with Gasteiger partial charge in [-0.2, -0.15) is 5.17 Å². The van der Waals surface area contributed by atoms with E-state index in [1.54, 1.807) is 14.2 Å². The van der Waals surface area contributed by atoms with Crippen LogP contribution in [-0.4, -0.2) is 43.7 Å². The van der Waals surface area contributed by atoms with E-state index in [1.165, 1.54) is 11.1 Å². The zero-order valence-electron chi connectivity index (χ0n) is 15.9. The number of fused-ring (bicyclic) bond motifs is 1. The Hall–Kier alpha value is -2.28. The molecule has 6 nitrogen and oxygen atoms in total. The Bertz CT molecular complexity index is 846. The second kappa shape index (κ2) is 7.76. The van der Waals surface area contributed by atoms with Crippen LogP contribution in [0, 0.1) is 5.92 Å². The summed E-state index contributed by atoms with van der Waals surface area (Å²) in [6.07, 6.45) is 4.92. The summed E-state index contributed by atoms with van der Waals surface area (Å²) in [5.74, 6) is 1.99. The predicted molar refractivity (Wildman–Crippen MR) is 105 cm³/mol. The van der Waals surface area contributed by atoms with Crippen molar-refractivity contribution in [3.05, 3.63) is 47.7 Å². The molecule has 0 amide bonds. The third-order valence-corrected chi connectivity index (χ3v) is 5.62. The molecule has 1 atom stereocenters. The predicted octanol–water partition coefficient (Wildman–Crippen LogP) is 2.86. The SMILES string of the molecule is COc1cc2ccc(CC3NN(O)C=C3C3CCNCC3)cc2cc1OC. The number of nitrogens with one attached hydrogen (secondary N) is 2. The number of hydrogen-bond acceptors (Lipinski definition) is 6. The summed E-state index contributed by atoms with van der Waals surface area (Å²) in [5.41, 5.74) is 5.69. The Morgan fingerprint density at radius 2 is 1.74 bits per heavy atom. The van der Waals surface area contributed by atoms with Crippen LogP contribution < -0.4 is 20.2 Å². The van der Waals surface area contributed by atoms with E-state index in [9.17, 15) is 5.21 Å². The molecule has 3 N–H and O–H groups in total. The molecular weight excluding hydrogens is 342 g/mol. The molecule has 0 saturated carbocycles. The van der Waals surface area contributed by atoms with E-state index in [-0.39, 0.29) is 6.04 Å². The first-order valence-corrected chi connectivity index (χ1v) is 9.49. The number of benzene rings is 2. The van der Waals surface area contributed by atoms with E-state index in [4.69, 9.17) is 9.47 Å². The Morgan fingerprint density at radius 3 is 2.44 bits per heavy atom. The van der Waals surface area contributed by atoms with Crippen LogP contribution in [-0.2, 0) is 6.42 Å². The third-order valence-electron chi connectivity index (χ3n) is 5.62. The molecule has 2 aromatic rings. The van der Waals surface area contributed by atoms with E-state index in [0.717, 1.165) is 59.8 Å². The van der Waals surface area contributed by atoms with Gasteiger partial charge in [-0.15, -0.1) is 0 Å². The second-order valence-electron chi connectivity index (χ2n) is 7.27. The Balaban J connectivity index is 1.58. The number of hydroxylamine groups is 1. The lowest BCUT2D eigenvalue weighted by atomic mass is 9.84. The summed E-state index contributed by atoms with van der Waals surface area (Å²) in [5, 5.41) is 16.7. The highest BCUT2D eigenvalue weighted by atomic mass is 16.5. The molecule has 0 radical (unpaired) electrons. The third kappa shape index (κ3) is 3.74. The minimum absolute atomic E-state index is 0.121. The van der Waals surface area contributed by atoms with E-state index in [0.29, 0.717) is 5.92 Å². The van der Waals surface area contributed by atoms with Crippen LogP contribution in [0.15, 0.2) is 42.1 Å². The standard InChI is InChI=1S/C21H27N3O3/c1-26-20-11-16-4-3-14(9-17(16)12-21(20)27-2)10-19-18(13-24(25)23-19)15-5-7-22-8-6-15/h3-4,9,11-13,15,19,22-23,25H,5-8,10H2,1-2H3. The van der Waals surface area contributed by atoms with Gasteiger partial charge in [-0.1, -0.05) is 18.2 Å². The number of nitrogens with zero attached hydrogens (tertiary/aromatic N) is 1. The topological polar surface area (TPSA) is 66.0 Å². The molecule has 0 aromatic heterocycles. The first-order valence-electron chi connectivity index (χ1n) is 9.49. The summed E-state index contributed by atoms with van der Waals surface area (Å²) in [4.78, 5) is 0. The van der Waals surface area contributed by atoms with Crippen LogP contribution in [0.3, 0.4) is 0 Å². The van der Waals surface area contributed by atoms with E-state index in [2.05, 4.69) is 28.9 Å². The zero-order valence-corrected chi connectivity index (χ0v) is 15.9. The summed E-state index contributed by atoms with van der Waals surface area (Å²) in [6, 6.07) is 10.6. The summed E-state index contributed by atoms with van der Waals surface area (Å²) in [7, 11) is 3.31. The molecular formula is C21H27N3O3. The van der Waals surface area contributed by atoms with Crippen LogP contribution in [0.2, 0.25) is 0 Å². The van der Waals surface area contributed by atoms with Gasteiger partial charge in [0.1, 0.15) is 0 Å². The van der Waals surface area contributed by atoms with Gasteiger partial charge in [-0.3, -0.25) is 5.21 Å². The van der Waals surface area contributed by atoms with Gasteiger partial charge in [0.15, 0.2) is 11.5 Å². The Kier molecular flexibility index (Phi) is 5.20. The van der Waals surface area contributed by atoms with E-state index in [1.807, 2.05) is 18.3 Å². The normalized spacial score (nSPS) is 20.8. The van der Waals surface area contributed by atoms with Crippen LogP contribution in [0.25, 0.3) is 10.8 Å². The first kappa shape index (κ1) is 18.1. The molecule has 2 aliphatic rings. The van der Waals surface area contributed by atoms with Crippen molar-refractivity contribution in [2.24, 2.45) is 5.92 Å². The maximum atomic E-state index is 9.98. The molecule has 4 rings (SSSR count). The van der Waals surface area contributed by atoms with Crippen molar-refractivity contribution in [1.29, 1.82) is 0 Å². The quantitative estimate of drug-likeness (QED) is 0.753. The molecule has 2 heterocycles. The fourth-order valence-electron chi connectivity index (χ4n) is 4.20. The summed E-state index contributed by atoms with van der Waals surface area (Å²) in [6.45, 7) is 2.08. The first-order chi connectivity index (χ1) is 13.2. The van der Waals surface area contributed by atoms with Gasteiger partial charge in [-0.05, 0) is 72.3 Å². The van der Waals surface area contributed by atoms with Gasteiger partial charge >= 0.3 is 0 Å². The minimum Gasteiger partial charge on any atom is -0.493 e. The molecule has 1 unspecified atom stereocenters. The lowest BCUT2D eigenvalue weighted by Crippen LogP contribution is -2.38. The fourth-order valence-corrected chi connectivity index (χ4v) is 4.20. The highest BCUT2D eigenvalue weighted by molar-refractivity contribution is 5.86. The molecule has 1 fully saturated rings. The maximum Gasteiger partial charge on any atom is 0.161 e. The van der Waals surface area contributed by atoms with E-state index < -0.39 is 0 Å². The van der Waals surface area contributed by atoms with Gasteiger partial charge in [0, 0.05) is 6.20 Å². The number of hydrazine groups is 1. The van der Waals surface area contributed by atoms with Gasteiger partial charge in [0.2, 0.25) is 0 Å². The lowest BCUT2D eigenvalue weighted by Gasteiger charge is -2.27. The fraction of sp³-hybridized carbons (Fsp3) is 0.429. The number of ether oxygens (including phenoxy) is 2. The van der Waals surface area contributed by atoms with E-state index >= 15 is 0 Å². The molecule has 2 aliphatic heterocycles. The van der Waals surface area contributed by atoms with Crippen molar-refractivity contribution in [2.45, 2.75) is 25.3 Å².